The highest BCUT2D eigenvalue weighted by atomic mass is 32.1. The number of thiol groups is 1. The molecule has 5 heteroatoms. The van der Waals surface area contributed by atoms with Gasteiger partial charge in [0.2, 0.25) is 0 Å². The van der Waals surface area contributed by atoms with Crippen LogP contribution < -0.4 is 5.32 Å². The van der Waals surface area contributed by atoms with E-state index in [1.165, 1.54) is 11.3 Å². The van der Waals surface area contributed by atoms with E-state index in [2.05, 4.69) is 36.8 Å². The molecular formula is C13H14N2OS2. The number of carbonyl (C=O) groups excluding carboxylic acids is 1. The van der Waals surface area contributed by atoms with Gasteiger partial charge in [0.25, 0.3) is 5.91 Å². The topological polar surface area (TPSA) is 42.0 Å². The number of hydrogen-bond acceptors (Lipinski definition) is 4. The molecule has 1 aromatic carbocycles. The minimum Gasteiger partial charge on any atom is -0.298 e. The van der Waals surface area contributed by atoms with Gasteiger partial charge in [0.05, 0.1) is 5.69 Å². The molecule has 1 N–H and O–H groups in total. The van der Waals surface area contributed by atoms with Gasteiger partial charge in [0, 0.05) is 15.8 Å². The number of nitrogens with one attached hydrogen (secondary N) is 1. The average molecular weight is 278 g/mol. The Hall–Kier alpha value is -1.33. The molecule has 0 atom stereocenters. The molecule has 0 bridgehead atoms. The monoisotopic (exact) mass is 278 g/mol. The summed E-state index contributed by atoms with van der Waals surface area (Å²) in [6, 6.07) is 7.13. The van der Waals surface area contributed by atoms with Crippen molar-refractivity contribution in [3.05, 3.63) is 40.9 Å². The van der Waals surface area contributed by atoms with Gasteiger partial charge >= 0.3 is 0 Å². The lowest BCUT2D eigenvalue weighted by molar-refractivity contribution is 0.102. The lowest BCUT2D eigenvalue weighted by Crippen LogP contribution is -2.11. The summed E-state index contributed by atoms with van der Waals surface area (Å²) in [5.41, 5.74) is 1.59. The molecule has 1 aromatic heterocycles. The van der Waals surface area contributed by atoms with Crippen LogP contribution in [0.3, 0.4) is 0 Å². The maximum atomic E-state index is 12.0. The summed E-state index contributed by atoms with van der Waals surface area (Å²) in [5, 5.41) is 5.40. The zero-order chi connectivity index (χ0) is 13.1. The number of anilines is 1. The van der Waals surface area contributed by atoms with Crippen LogP contribution in [0.25, 0.3) is 0 Å². The Balaban J connectivity index is 2.11. The highest BCUT2D eigenvalue weighted by Gasteiger charge is 2.10. The van der Waals surface area contributed by atoms with Crippen molar-refractivity contribution in [1.82, 2.24) is 4.98 Å². The fourth-order valence-corrected chi connectivity index (χ4v) is 2.52. The molecule has 94 valence electrons. The van der Waals surface area contributed by atoms with Gasteiger partial charge in [-0.2, -0.15) is 0 Å². The number of nitrogens with zero attached hydrogens (tertiary/aromatic N) is 1. The van der Waals surface area contributed by atoms with Gasteiger partial charge in [-0.1, -0.05) is 19.9 Å². The predicted octanol–water partition coefficient (Wildman–Crippen LogP) is 3.81. The van der Waals surface area contributed by atoms with Crippen molar-refractivity contribution in [2.45, 2.75) is 24.7 Å². The number of thiazole rings is 1. The molecule has 3 nitrogen and oxygen atoms in total. The Morgan fingerprint density at radius 2 is 2.22 bits per heavy atom. The van der Waals surface area contributed by atoms with Crippen molar-refractivity contribution in [3.63, 3.8) is 0 Å². The maximum Gasteiger partial charge on any atom is 0.257 e. The summed E-state index contributed by atoms with van der Waals surface area (Å²) in [4.78, 5) is 17.1. The van der Waals surface area contributed by atoms with E-state index in [4.69, 9.17) is 0 Å². The first-order valence-electron chi connectivity index (χ1n) is 5.62. The molecule has 1 amide bonds. The molecule has 0 unspecified atom stereocenters. The number of amides is 1. The molecule has 0 aliphatic carbocycles. The second-order valence-electron chi connectivity index (χ2n) is 4.24. The van der Waals surface area contributed by atoms with Crippen molar-refractivity contribution in [2.24, 2.45) is 0 Å². The van der Waals surface area contributed by atoms with Crippen molar-refractivity contribution in [3.8, 4) is 0 Å². The maximum absolute atomic E-state index is 12.0. The van der Waals surface area contributed by atoms with E-state index in [9.17, 15) is 4.79 Å². The first-order valence-corrected chi connectivity index (χ1v) is 6.95. The summed E-state index contributed by atoms with van der Waals surface area (Å²) in [6.07, 6.45) is 0. The zero-order valence-electron chi connectivity index (χ0n) is 10.2. The third-order valence-electron chi connectivity index (χ3n) is 2.44. The number of benzene rings is 1. The summed E-state index contributed by atoms with van der Waals surface area (Å²) < 4.78 is 0. The van der Waals surface area contributed by atoms with E-state index >= 15 is 0 Å². The van der Waals surface area contributed by atoms with Crippen LogP contribution in [0, 0.1) is 0 Å². The van der Waals surface area contributed by atoms with Crippen LogP contribution in [0.4, 0.5) is 5.13 Å². The van der Waals surface area contributed by atoms with Crippen LogP contribution in [0.2, 0.25) is 0 Å². The average Bonchev–Trinajstić information content (AvgIpc) is 2.77. The molecule has 0 fully saturated rings. The standard InChI is InChI=1S/C13H14N2OS2/c1-8(2)11-7-18-13(14-11)15-12(16)9-4-3-5-10(17)6-9/h3-8,17H,1-2H3,(H,14,15,16). The molecule has 0 aliphatic heterocycles. The molecule has 0 radical (unpaired) electrons. The van der Waals surface area contributed by atoms with E-state index in [0.717, 1.165) is 10.6 Å². The minimum absolute atomic E-state index is 0.157. The smallest absolute Gasteiger partial charge is 0.257 e. The molecular weight excluding hydrogens is 264 g/mol. The predicted molar refractivity (Wildman–Crippen MR) is 77.9 cm³/mol. The second kappa shape index (κ2) is 5.54. The van der Waals surface area contributed by atoms with Gasteiger partial charge in [-0.05, 0) is 24.1 Å². The minimum atomic E-state index is -0.157. The normalized spacial score (nSPS) is 10.7. The fraction of sp³-hybridized carbons (Fsp3) is 0.231. The van der Waals surface area contributed by atoms with Gasteiger partial charge in [-0.3, -0.25) is 10.1 Å². The zero-order valence-corrected chi connectivity index (χ0v) is 11.9. The van der Waals surface area contributed by atoms with Gasteiger partial charge in [0.15, 0.2) is 5.13 Å². The third kappa shape index (κ3) is 3.11. The van der Waals surface area contributed by atoms with Crippen LogP contribution in [0.5, 0.6) is 0 Å². The number of hydrogen-bond donors (Lipinski definition) is 2. The van der Waals surface area contributed by atoms with Crippen LogP contribution in [-0.4, -0.2) is 10.9 Å². The molecule has 0 saturated heterocycles. The van der Waals surface area contributed by atoms with Crippen LogP contribution in [0.15, 0.2) is 34.5 Å². The van der Waals surface area contributed by atoms with Crippen LogP contribution in [0.1, 0.15) is 35.8 Å². The Morgan fingerprint density at radius 1 is 1.44 bits per heavy atom. The molecule has 2 aromatic rings. The Bertz CT molecular complexity index is 564. The second-order valence-corrected chi connectivity index (χ2v) is 5.61. The van der Waals surface area contributed by atoms with Crippen molar-refractivity contribution >= 4 is 35.0 Å². The molecule has 0 spiro atoms. The first kappa shape index (κ1) is 13.1. The molecule has 18 heavy (non-hydrogen) atoms. The van der Waals surface area contributed by atoms with Crippen molar-refractivity contribution < 1.29 is 4.79 Å². The summed E-state index contributed by atoms with van der Waals surface area (Å²) >= 11 is 5.66. The van der Waals surface area contributed by atoms with Gasteiger partial charge < -0.3 is 0 Å². The fourth-order valence-electron chi connectivity index (χ4n) is 1.43. The van der Waals surface area contributed by atoms with Gasteiger partial charge in [-0.25, -0.2) is 4.98 Å². The highest BCUT2D eigenvalue weighted by molar-refractivity contribution is 7.80. The van der Waals surface area contributed by atoms with E-state index in [-0.39, 0.29) is 5.91 Å². The molecule has 2 rings (SSSR count). The van der Waals surface area contributed by atoms with Crippen LogP contribution in [-0.2, 0) is 0 Å². The third-order valence-corrected chi connectivity index (χ3v) is 3.50. The van der Waals surface area contributed by atoms with Gasteiger partial charge in [0.1, 0.15) is 0 Å². The lowest BCUT2D eigenvalue weighted by atomic mass is 10.2. The largest absolute Gasteiger partial charge is 0.298 e. The van der Waals surface area contributed by atoms with E-state index in [0.29, 0.717) is 16.6 Å². The van der Waals surface area contributed by atoms with Gasteiger partial charge in [-0.15, -0.1) is 24.0 Å². The molecule has 0 aliphatic rings. The SMILES string of the molecule is CC(C)c1csc(NC(=O)c2cccc(S)c2)n1. The highest BCUT2D eigenvalue weighted by Crippen LogP contribution is 2.22. The number of rotatable bonds is 3. The number of carbonyl (C=O) groups is 1. The number of aromatic nitrogens is 1. The lowest BCUT2D eigenvalue weighted by Gasteiger charge is -2.02. The summed E-state index contributed by atoms with van der Waals surface area (Å²) in [5.74, 6) is 0.211. The Morgan fingerprint density at radius 3 is 2.83 bits per heavy atom. The van der Waals surface area contributed by atoms with Crippen LogP contribution >= 0.6 is 24.0 Å². The summed E-state index contributed by atoms with van der Waals surface area (Å²) in [7, 11) is 0. The molecule has 1 heterocycles. The quantitative estimate of drug-likeness (QED) is 0.838. The van der Waals surface area contributed by atoms with Crippen molar-refractivity contribution in [2.75, 3.05) is 5.32 Å². The van der Waals surface area contributed by atoms with E-state index < -0.39 is 0 Å². The Kier molecular flexibility index (Phi) is 4.04. The van der Waals surface area contributed by atoms with E-state index in [1.54, 1.807) is 18.2 Å². The Labute approximate surface area is 116 Å². The molecule has 0 saturated carbocycles. The first-order chi connectivity index (χ1) is 8.56. The van der Waals surface area contributed by atoms with E-state index in [1.807, 2.05) is 11.4 Å². The summed E-state index contributed by atoms with van der Waals surface area (Å²) in [6.45, 7) is 4.15. The van der Waals surface area contributed by atoms with Crippen molar-refractivity contribution in [1.29, 1.82) is 0 Å².